The molecule has 0 aliphatic heterocycles. The van der Waals surface area contributed by atoms with Crippen molar-refractivity contribution in [2.45, 2.75) is 6.18 Å². The molecule has 0 aliphatic carbocycles. The normalized spacial score (nSPS) is 12.0. The van der Waals surface area contributed by atoms with E-state index in [-0.39, 0.29) is 5.91 Å². The average molecular weight is 475 g/mol. The van der Waals surface area contributed by atoms with E-state index in [1.165, 1.54) is 29.7 Å². The lowest BCUT2D eigenvalue weighted by Gasteiger charge is -2.11. The Morgan fingerprint density at radius 1 is 0.941 bits per heavy atom. The van der Waals surface area contributed by atoms with E-state index in [9.17, 15) is 18.0 Å². The third-order valence-electron chi connectivity index (χ3n) is 5.36. The van der Waals surface area contributed by atoms with Crippen molar-refractivity contribution in [2.24, 2.45) is 5.10 Å². The molecule has 0 radical (unpaired) electrons. The van der Waals surface area contributed by atoms with Crippen LogP contribution in [0.2, 0.25) is 0 Å². The summed E-state index contributed by atoms with van der Waals surface area (Å²) in [7, 11) is 0. The average Bonchev–Trinajstić information content (AvgIpc) is 3.38. The SMILES string of the molecule is O=C(N/N=C/c1cc(-c2ccc(C(F)(F)F)cc2)nc2c1ccc1ccccc12)c1cccs1. The van der Waals surface area contributed by atoms with Crippen molar-refractivity contribution < 1.29 is 18.0 Å². The highest BCUT2D eigenvalue weighted by atomic mass is 32.1. The van der Waals surface area contributed by atoms with Crippen molar-refractivity contribution in [2.75, 3.05) is 0 Å². The third kappa shape index (κ3) is 4.27. The Hall–Kier alpha value is -4.04. The number of hydrogen-bond acceptors (Lipinski definition) is 4. The standard InChI is InChI=1S/C26H16F3N3OS/c27-26(28,29)19-10-7-17(8-11-19)22-14-18(15-30-32-25(33)23-6-3-13-34-23)21-12-9-16-4-1-2-5-20(16)24(21)31-22/h1-15H,(H,32,33)/b30-15+. The van der Waals surface area contributed by atoms with Gasteiger partial charge in [0.1, 0.15) is 0 Å². The number of hydrazone groups is 1. The van der Waals surface area contributed by atoms with E-state index >= 15 is 0 Å². The summed E-state index contributed by atoms with van der Waals surface area (Å²) in [5.41, 5.74) is 4.21. The molecule has 0 aliphatic rings. The summed E-state index contributed by atoms with van der Waals surface area (Å²) in [6.45, 7) is 0. The van der Waals surface area contributed by atoms with Crippen LogP contribution in [0.4, 0.5) is 13.2 Å². The zero-order valence-electron chi connectivity index (χ0n) is 17.5. The van der Waals surface area contributed by atoms with Crippen LogP contribution < -0.4 is 5.43 Å². The molecule has 2 aromatic heterocycles. The molecule has 1 N–H and O–H groups in total. The number of amides is 1. The Bertz CT molecular complexity index is 1530. The Kier molecular flexibility index (Phi) is 5.59. The summed E-state index contributed by atoms with van der Waals surface area (Å²) in [5, 5.41) is 8.62. The summed E-state index contributed by atoms with van der Waals surface area (Å²) in [6.07, 6.45) is -2.89. The number of alkyl halides is 3. The molecular weight excluding hydrogens is 459 g/mol. The van der Waals surface area contributed by atoms with Gasteiger partial charge in [0.05, 0.1) is 27.9 Å². The van der Waals surface area contributed by atoms with Crippen molar-refractivity contribution in [1.29, 1.82) is 0 Å². The maximum atomic E-state index is 13.0. The molecule has 0 saturated heterocycles. The van der Waals surface area contributed by atoms with Crippen LogP contribution in [0, 0.1) is 0 Å². The predicted molar refractivity (Wildman–Crippen MR) is 129 cm³/mol. The lowest BCUT2D eigenvalue weighted by atomic mass is 10.00. The van der Waals surface area contributed by atoms with Crippen molar-refractivity contribution in [1.82, 2.24) is 10.4 Å². The van der Waals surface area contributed by atoms with Crippen LogP contribution in [0.15, 0.2) is 89.3 Å². The highest BCUT2D eigenvalue weighted by Gasteiger charge is 2.30. The first-order valence-electron chi connectivity index (χ1n) is 10.3. The van der Waals surface area contributed by atoms with Gasteiger partial charge in [-0.15, -0.1) is 11.3 Å². The second-order valence-electron chi connectivity index (χ2n) is 7.53. The van der Waals surface area contributed by atoms with Gasteiger partial charge in [-0.05, 0) is 35.0 Å². The lowest BCUT2D eigenvalue weighted by Crippen LogP contribution is -2.16. The van der Waals surface area contributed by atoms with Gasteiger partial charge in [0.25, 0.3) is 5.91 Å². The molecule has 4 nitrogen and oxygen atoms in total. The molecule has 0 atom stereocenters. The first kappa shape index (κ1) is 21.8. The Labute approximate surface area is 196 Å². The number of rotatable bonds is 4. The second-order valence-corrected chi connectivity index (χ2v) is 8.48. The second kappa shape index (κ2) is 8.72. The minimum Gasteiger partial charge on any atom is -0.266 e. The van der Waals surface area contributed by atoms with Crippen molar-refractivity contribution in [3.05, 3.63) is 100 Å². The summed E-state index contributed by atoms with van der Waals surface area (Å²) in [4.78, 5) is 17.5. The minimum atomic E-state index is -4.41. The van der Waals surface area contributed by atoms with Crippen LogP contribution >= 0.6 is 11.3 Å². The van der Waals surface area contributed by atoms with Crippen molar-refractivity contribution in [3.63, 3.8) is 0 Å². The van der Waals surface area contributed by atoms with Gasteiger partial charge in [-0.25, -0.2) is 10.4 Å². The van der Waals surface area contributed by atoms with E-state index in [0.29, 0.717) is 27.2 Å². The molecule has 2 heterocycles. The fraction of sp³-hybridized carbons (Fsp3) is 0.0385. The van der Waals surface area contributed by atoms with E-state index < -0.39 is 11.7 Å². The van der Waals surface area contributed by atoms with Crippen LogP contribution in [0.3, 0.4) is 0 Å². The number of hydrogen-bond donors (Lipinski definition) is 1. The van der Waals surface area contributed by atoms with E-state index in [4.69, 9.17) is 4.98 Å². The smallest absolute Gasteiger partial charge is 0.266 e. The van der Waals surface area contributed by atoms with Gasteiger partial charge in [0.2, 0.25) is 0 Å². The zero-order chi connectivity index (χ0) is 23.7. The zero-order valence-corrected chi connectivity index (χ0v) is 18.3. The maximum Gasteiger partial charge on any atom is 0.416 e. The lowest BCUT2D eigenvalue weighted by molar-refractivity contribution is -0.137. The number of pyridine rings is 1. The first-order chi connectivity index (χ1) is 16.4. The summed E-state index contributed by atoms with van der Waals surface area (Å²) in [5.74, 6) is -0.321. The number of fused-ring (bicyclic) bond motifs is 3. The largest absolute Gasteiger partial charge is 0.416 e. The third-order valence-corrected chi connectivity index (χ3v) is 6.23. The molecule has 0 saturated carbocycles. The monoisotopic (exact) mass is 475 g/mol. The highest BCUT2D eigenvalue weighted by Crippen LogP contribution is 2.33. The van der Waals surface area contributed by atoms with Crippen LogP contribution in [-0.2, 0) is 6.18 Å². The molecule has 0 spiro atoms. The van der Waals surface area contributed by atoms with Gasteiger partial charge < -0.3 is 0 Å². The minimum absolute atomic E-state index is 0.321. The van der Waals surface area contributed by atoms with Gasteiger partial charge in [0.15, 0.2) is 0 Å². The fourth-order valence-electron chi connectivity index (χ4n) is 3.69. The summed E-state index contributed by atoms with van der Waals surface area (Å²) >= 11 is 1.31. The Morgan fingerprint density at radius 3 is 2.47 bits per heavy atom. The van der Waals surface area contributed by atoms with Crippen LogP contribution in [-0.4, -0.2) is 17.1 Å². The molecular formula is C26H16F3N3OS. The maximum absolute atomic E-state index is 13.0. The van der Waals surface area contributed by atoms with Crippen LogP contribution in [0.5, 0.6) is 0 Å². The van der Waals surface area contributed by atoms with E-state index in [1.54, 1.807) is 23.6 Å². The van der Waals surface area contributed by atoms with Crippen molar-refractivity contribution in [3.8, 4) is 11.3 Å². The molecule has 5 rings (SSSR count). The fourth-order valence-corrected chi connectivity index (χ4v) is 4.31. The number of nitrogens with one attached hydrogen (secondary N) is 1. The Morgan fingerprint density at radius 2 is 1.74 bits per heavy atom. The topological polar surface area (TPSA) is 54.4 Å². The molecule has 8 heteroatoms. The van der Waals surface area contributed by atoms with E-state index in [2.05, 4.69) is 10.5 Å². The number of aromatic nitrogens is 1. The molecule has 1 amide bonds. The number of nitrogens with zero attached hydrogens (tertiary/aromatic N) is 2. The molecule has 0 unspecified atom stereocenters. The molecule has 0 fully saturated rings. The molecule has 168 valence electrons. The molecule has 34 heavy (non-hydrogen) atoms. The van der Waals surface area contributed by atoms with E-state index in [0.717, 1.165) is 28.3 Å². The quantitative estimate of drug-likeness (QED) is 0.175. The molecule has 0 bridgehead atoms. The number of halogens is 3. The van der Waals surface area contributed by atoms with Crippen LogP contribution in [0.25, 0.3) is 32.9 Å². The summed E-state index contributed by atoms with van der Waals surface area (Å²) < 4.78 is 39.0. The van der Waals surface area contributed by atoms with Gasteiger partial charge in [0, 0.05) is 21.9 Å². The number of thiophene rings is 1. The summed E-state index contributed by atoms with van der Waals surface area (Å²) in [6, 6.07) is 21.8. The Balaban J connectivity index is 1.61. The van der Waals surface area contributed by atoms with Crippen molar-refractivity contribution >= 4 is 45.1 Å². The van der Waals surface area contributed by atoms with Crippen LogP contribution in [0.1, 0.15) is 20.8 Å². The van der Waals surface area contributed by atoms with Gasteiger partial charge in [-0.2, -0.15) is 18.3 Å². The van der Waals surface area contributed by atoms with Gasteiger partial charge in [-0.3, -0.25) is 4.79 Å². The molecule has 3 aromatic carbocycles. The molecule has 5 aromatic rings. The highest BCUT2D eigenvalue weighted by molar-refractivity contribution is 7.12. The number of carbonyl (C=O) groups is 1. The van der Waals surface area contributed by atoms with E-state index in [1.807, 2.05) is 36.4 Å². The predicted octanol–water partition coefficient (Wildman–Crippen LogP) is 6.90. The van der Waals surface area contributed by atoms with Gasteiger partial charge >= 0.3 is 6.18 Å². The number of carbonyl (C=O) groups excluding carboxylic acids is 1. The number of benzene rings is 3. The van der Waals surface area contributed by atoms with Gasteiger partial charge in [-0.1, -0.05) is 54.6 Å². The first-order valence-corrected chi connectivity index (χ1v) is 11.2.